The molecular formula is C10H22O8S2. The molecule has 0 aliphatic rings. The molecule has 2 atom stereocenters. The summed E-state index contributed by atoms with van der Waals surface area (Å²) in [4.78, 5) is 0. The average molecular weight is 334 g/mol. The molecule has 0 aliphatic carbocycles. The molecule has 2 unspecified atom stereocenters. The van der Waals surface area contributed by atoms with Crippen molar-refractivity contribution in [2.45, 2.75) is 64.6 Å². The SMILES string of the molecule is CCCCCC(OS(=O)(=O)O)C(CCC)OS(=O)(=O)O. The fourth-order valence-corrected chi connectivity index (χ4v) is 2.85. The zero-order valence-electron chi connectivity index (χ0n) is 11.6. The van der Waals surface area contributed by atoms with Gasteiger partial charge in [-0.2, -0.15) is 16.8 Å². The van der Waals surface area contributed by atoms with Crippen LogP contribution >= 0.6 is 0 Å². The zero-order chi connectivity index (χ0) is 15.8. The number of unbranched alkanes of at least 4 members (excludes halogenated alkanes) is 2. The molecule has 0 saturated heterocycles. The van der Waals surface area contributed by atoms with Gasteiger partial charge in [0.2, 0.25) is 0 Å². The Balaban J connectivity index is 4.97. The summed E-state index contributed by atoms with van der Waals surface area (Å²) in [5.74, 6) is 0. The van der Waals surface area contributed by atoms with Gasteiger partial charge in [0.05, 0.1) is 0 Å². The first-order chi connectivity index (χ1) is 9.09. The Hall–Kier alpha value is -0.260. The van der Waals surface area contributed by atoms with Gasteiger partial charge in [-0.05, 0) is 12.8 Å². The van der Waals surface area contributed by atoms with E-state index < -0.39 is 33.0 Å². The van der Waals surface area contributed by atoms with E-state index in [2.05, 4.69) is 8.37 Å². The lowest BCUT2D eigenvalue weighted by Gasteiger charge is -2.24. The first kappa shape index (κ1) is 19.7. The van der Waals surface area contributed by atoms with Gasteiger partial charge in [-0.25, -0.2) is 8.37 Å². The van der Waals surface area contributed by atoms with Crippen LogP contribution in [0, 0.1) is 0 Å². The van der Waals surface area contributed by atoms with Crippen molar-refractivity contribution in [2.75, 3.05) is 0 Å². The van der Waals surface area contributed by atoms with E-state index in [0.717, 1.165) is 12.8 Å². The minimum atomic E-state index is -4.74. The second-order valence-corrected chi connectivity index (χ2v) is 6.51. The minimum Gasteiger partial charge on any atom is -0.264 e. The Morgan fingerprint density at radius 2 is 1.25 bits per heavy atom. The number of rotatable bonds is 11. The molecule has 0 spiro atoms. The highest BCUT2D eigenvalue weighted by atomic mass is 32.3. The van der Waals surface area contributed by atoms with E-state index in [1.165, 1.54) is 0 Å². The second kappa shape index (κ2) is 8.90. The molecule has 122 valence electrons. The van der Waals surface area contributed by atoms with Gasteiger partial charge in [0.15, 0.2) is 0 Å². The summed E-state index contributed by atoms with van der Waals surface area (Å²) in [6, 6.07) is 0. The van der Waals surface area contributed by atoms with Crippen LogP contribution in [0.15, 0.2) is 0 Å². The van der Waals surface area contributed by atoms with E-state index in [0.29, 0.717) is 12.8 Å². The fourth-order valence-electron chi connectivity index (χ4n) is 1.78. The average Bonchev–Trinajstić information content (AvgIpc) is 2.24. The third-order valence-electron chi connectivity index (χ3n) is 2.57. The van der Waals surface area contributed by atoms with Crippen LogP contribution in [0.4, 0.5) is 0 Å². The molecule has 0 bridgehead atoms. The van der Waals surface area contributed by atoms with Gasteiger partial charge in [0.25, 0.3) is 0 Å². The van der Waals surface area contributed by atoms with E-state index in [-0.39, 0.29) is 12.8 Å². The highest BCUT2D eigenvalue weighted by Gasteiger charge is 2.30. The van der Waals surface area contributed by atoms with Crippen LogP contribution in [0.2, 0.25) is 0 Å². The van der Waals surface area contributed by atoms with Gasteiger partial charge < -0.3 is 0 Å². The zero-order valence-corrected chi connectivity index (χ0v) is 13.2. The van der Waals surface area contributed by atoms with Crippen LogP contribution in [0.3, 0.4) is 0 Å². The molecule has 0 heterocycles. The quantitative estimate of drug-likeness (QED) is 0.432. The smallest absolute Gasteiger partial charge is 0.264 e. The van der Waals surface area contributed by atoms with Crippen LogP contribution in [0.1, 0.15) is 52.4 Å². The second-order valence-electron chi connectivity index (χ2n) is 4.41. The molecule has 0 aromatic rings. The summed E-state index contributed by atoms with van der Waals surface area (Å²) in [6.45, 7) is 3.67. The maximum absolute atomic E-state index is 10.8. The van der Waals surface area contributed by atoms with Crippen molar-refractivity contribution < 1.29 is 34.3 Å². The van der Waals surface area contributed by atoms with Gasteiger partial charge in [0.1, 0.15) is 12.2 Å². The predicted molar refractivity (Wildman–Crippen MR) is 71.9 cm³/mol. The van der Waals surface area contributed by atoms with Crippen molar-refractivity contribution in [1.29, 1.82) is 0 Å². The standard InChI is InChI=1S/C10H22O8S2/c1-3-5-6-8-10(18-20(14,15)16)9(7-4-2)17-19(11,12)13/h9-10H,3-8H2,1-2H3,(H,11,12,13)(H,14,15,16). The first-order valence-electron chi connectivity index (χ1n) is 6.40. The Morgan fingerprint density at radius 3 is 1.60 bits per heavy atom. The Kier molecular flexibility index (Phi) is 8.79. The first-order valence-corrected chi connectivity index (χ1v) is 9.13. The molecule has 2 N–H and O–H groups in total. The van der Waals surface area contributed by atoms with Crippen LogP contribution in [0.5, 0.6) is 0 Å². The summed E-state index contributed by atoms with van der Waals surface area (Å²) in [7, 11) is -9.47. The van der Waals surface area contributed by atoms with Crippen LogP contribution < -0.4 is 0 Å². The van der Waals surface area contributed by atoms with Crippen molar-refractivity contribution in [3.63, 3.8) is 0 Å². The van der Waals surface area contributed by atoms with Crippen LogP contribution in [-0.4, -0.2) is 38.1 Å². The van der Waals surface area contributed by atoms with Crippen LogP contribution in [-0.2, 0) is 29.2 Å². The lowest BCUT2D eigenvalue weighted by atomic mass is 10.0. The molecule has 10 heteroatoms. The molecule has 0 radical (unpaired) electrons. The molecule has 0 aromatic carbocycles. The molecule has 20 heavy (non-hydrogen) atoms. The maximum atomic E-state index is 10.8. The lowest BCUT2D eigenvalue weighted by molar-refractivity contribution is 0.0343. The monoisotopic (exact) mass is 334 g/mol. The van der Waals surface area contributed by atoms with E-state index in [9.17, 15) is 16.8 Å². The van der Waals surface area contributed by atoms with E-state index in [1.54, 1.807) is 6.92 Å². The highest BCUT2D eigenvalue weighted by molar-refractivity contribution is 7.81. The Morgan fingerprint density at radius 1 is 0.800 bits per heavy atom. The van der Waals surface area contributed by atoms with Crippen molar-refractivity contribution in [1.82, 2.24) is 0 Å². The van der Waals surface area contributed by atoms with E-state index in [4.69, 9.17) is 9.11 Å². The molecule has 0 amide bonds. The summed E-state index contributed by atoms with van der Waals surface area (Å²) in [6.07, 6.45) is 0.726. The third-order valence-corrected chi connectivity index (χ3v) is 3.55. The van der Waals surface area contributed by atoms with Gasteiger partial charge in [-0.1, -0.05) is 39.5 Å². The van der Waals surface area contributed by atoms with Gasteiger partial charge in [-0.15, -0.1) is 0 Å². The summed E-state index contributed by atoms with van der Waals surface area (Å²) in [5, 5.41) is 0. The number of hydrogen-bond acceptors (Lipinski definition) is 6. The van der Waals surface area contributed by atoms with Crippen molar-refractivity contribution in [3.8, 4) is 0 Å². The molecule has 0 rings (SSSR count). The fraction of sp³-hybridized carbons (Fsp3) is 1.00. The van der Waals surface area contributed by atoms with Gasteiger partial charge >= 0.3 is 20.8 Å². The summed E-state index contributed by atoms with van der Waals surface area (Å²) >= 11 is 0. The van der Waals surface area contributed by atoms with Crippen molar-refractivity contribution >= 4 is 20.8 Å². The Bertz CT molecular complexity index is 456. The van der Waals surface area contributed by atoms with E-state index >= 15 is 0 Å². The highest BCUT2D eigenvalue weighted by Crippen LogP contribution is 2.20. The molecule has 0 fully saturated rings. The van der Waals surface area contributed by atoms with Crippen molar-refractivity contribution in [2.24, 2.45) is 0 Å². The van der Waals surface area contributed by atoms with Crippen molar-refractivity contribution in [3.05, 3.63) is 0 Å². The minimum absolute atomic E-state index is 0.159. The molecule has 0 aromatic heterocycles. The topological polar surface area (TPSA) is 127 Å². The number of hydrogen-bond donors (Lipinski definition) is 2. The largest absolute Gasteiger partial charge is 0.397 e. The van der Waals surface area contributed by atoms with Crippen LogP contribution in [0.25, 0.3) is 0 Å². The maximum Gasteiger partial charge on any atom is 0.397 e. The third kappa shape index (κ3) is 10.5. The summed E-state index contributed by atoms with van der Waals surface area (Å²) in [5.41, 5.74) is 0. The molecule has 8 nitrogen and oxygen atoms in total. The molecule has 0 aliphatic heterocycles. The predicted octanol–water partition coefficient (Wildman–Crippen LogP) is 1.74. The van der Waals surface area contributed by atoms with E-state index in [1.807, 2.05) is 6.92 Å². The summed E-state index contributed by atoms with van der Waals surface area (Å²) < 4.78 is 69.6. The molecular weight excluding hydrogens is 312 g/mol. The molecule has 0 saturated carbocycles. The lowest BCUT2D eigenvalue weighted by Crippen LogP contribution is -2.35. The van der Waals surface area contributed by atoms with Gasteiger partial charge in [0, 0.05) is 0 Å². The Labute approximate surface area is 120 Å². The van der Waals surface area contributed by atoms with Gasteiger partial charge in [-0.3, -0.25) is 9.11 Å². The normalized spacial score (nSPS) is 16.0.